The van der Waals surface area contributed by atoms with Crippen LogP contribution in [0.15, 0.2) is 48.5 Å². The summed E-state index contributed by atoms with van der Waals surface area (Å²) in [6, 6.07) is 15.6. The predicted molar refractivity (Wildman–Crippen MR) is 84.7 cm³/mol. The number of aromatic nitrogens is 1. The lowest BCUT2D eigenvalue weighted by Gasteiger charge is -2.09. The van der Waals surface area contributed by atoms with E-state index >= 15 is 0 Å². The fourth-order valence-electron chi connectivity index (χ4n) is 2.49. The second-order valence-corrected chi connectivity index (χ2v) is 4.95. The van der Waals surface area contributed by atoms with Gasteiger partial charge in [-0.25, -0.2) is 0 Å². The van der Waals surface area contributed by atoms with Crippen molar-refractivity contribution in [3.8, 4) is 11.5 Å². The zero-order valence-electron chi connectivity index (χ0n) is 12.2. The fourth-order valence-corrected chi connectivity index (χ4v) is 2.49. The summed E-state index contributed by atoms with van der Waals surface area (Å²) in [4.78, 5) is 0. The number of rotatable bonds is 4. The third-order valence-corrected chi connectivity index (χ3v) is 3.61. The van der Waals surface area contributed by atoms with Crippen molar-refractivity contribution < 1.29 is 9.47 Å². The van der Waals surface area contributed by atoms with Crippen molar-refractivity contribution in [1.82, 2.24) is 4.57 Å². The summed E-state index contributed by atoms with van der Waals surface area (Å²) < 4.78 is 13.1. The Morgan fingerprint density at radius 1 is 1.05 bits per heavy atom. The number of hydrogen-bond acceptors (Lipinski definition) is 3. The second-order valence-electron chi connectivity index (χ2n) is 4.95. The third kappa shape index (κ3) is 2.52. The number of ether oxygens (including phenoxy) is 2. The first-order valence-corrected chi connectivity index (χ1v) is 6.78. The summed E-state index contributed by atoms with van der Waals surface area (Å²) in [6.07, 6.45) is 0. The maximum Gasteiger partial charge on any atom is 0.128 e. The number of aryl methyl sites for hydroxylation is 1. The molecule has 0 radical (unpaired) electrons. The standard InChI is InChI=1S/C17H18N2O2/c1-19-13(9-12-5-3-8-16(18)17(12)19)11-21-15-7-4-6-14(10-15)20-2/h3-10H,11,18H2,1-2H3. The highest BCUT2D eigenvalue weighted by atomic mass is 16.5. The minimum atomic E-state index is 0.484. The zero-order valence-corrected chi connectivity index (χ0v) is 12.2. The fraction of sp³-hybridized carbons (Fsp3) is 0.176. The Bertz CT molecular complexity index is 778. The zero-order chi connectivity index (χ0) is 14.8. The number of fused-ring (bicyclic) bond motifs is 1. The van der Waals surface area contributed by atoms with Gasteiger partial charge in [-0.3, -0.25) is 0 Å². The van der Waals surface area contributed by atoms with Gasteiger partial charge in [-0.1, -0.05) is 18.2 Å². The van der Waals surface area contributed by atoms with Gasteiger partial charge in [0.25, 0.3) is 0 Å². The monoisotopic (exact) mass is 282 g/mol. The van der Waals surface area contributed by atoms with Gasteiger partial charge in [0.2, 0.25) is 0 Å². The molecule has 0 saturated heterocycles. The minimum absolute atomic E-state index is 0.484. The van der Waals surface area contributed by atoms with Crippen LogP contribution in [0.2, 0.25) is 0 Å². The van der Waals surface area contributed by atoms with E-state index in [4.69, 9.17) is 15.2 Å². The molecule has 1 heterocycles. The first-order chi connectivity index (χ1) is 10.2. The molecule has 0 saturated carbocycles. The van der Waals surface area contributed by atoms with Crippen molar-refractivity contribution in [2.24, 2.45) is 7.05 Å². The molecule has 2 N–H and O–H groups in total. The summed E-state index contributed by atoms with van der Waals surface area (Å²) in [5.41, 5.74) is 8.94. The molecule has 0 atom stereocenters. The molecule has 3 rings (SSSR count). The Balaban J connectivity index is 1.85. The predicted octanol–water partition coefficient (Wildman–Crippen LogP) is 3.35. The van der Waals surface area contributed by atoms with Crippen molar-refractivity contribution in [2.75, 3.05) is 12.8 Å². The quantitative estimate of drug-likeness (QED) is 0.747. The summed E-state index contributed by atoms with van der Waals surface area (Å²) in [6.45, 7) is 0.484. The highest BCUT2D eigenvalue weighted by molar-refractivity contribution is 5.91. The van der Waals surface area contributed by atoms with Gasteiger partial charge in [-0.15, -0.1) is 0 Å². The van der Waals surface area contributed by atoms with Crippen LogP contribution >= 0.6 is 0 Å². The lowest BCUT2D eigenvalue weighted by molar-refractivity contribution is 0.295. The number of nitrogen functional groups attached to an aromatic ring is 1. The average molecular weight is 282 g/mol. The van der Waals surface area contributed by atoms with E-state index in [1.165, 1.54) is 0 Å². The van der Waals surface area contributed by atoms with Gasteiger partial charge in [0.1, 0.15) is 18.1 Å². The highest BCUT2D eigenvalue weighted by Gasteiger charge is 2.08. The number of methoxy groups -OCH3 is 1. The Morgan fingerprint density at radius 3 is 2.57 bits per heavy atom. The molecular weight excluding hydrogens is 264 g/mol. The van der Waals surface area contributed by atoms with Gasteiger partial charge in [0.05, 0.1) is 24.0 Å². The van der Waals surface area contributed by atoms with Crippen LogP contribution in [0.25, 0.3) is 10.9 Å². The Kier molecular flexibility index (Phi) is 3.44. The molecule has 3 aromatic rings. The van der Waals surface area contributed by atoms with Crippen LogP contribution < -0.4 is 15.2 Å². The number of para-hydroxylation sites is 1. The van der Waals surface area contributed by atoms with Crippen molar-refractivity contribution in [3.05, 3.63) is 54.2 Å². The maximum absolute atomic E-state index is 6.04. The first kappa shape index (κ1) is 13.4. The largest absolute Gasteiger partial charge is 0.497 e. The SMILES string of the molecule is COc1cccc(OCc2cc3cccc(N)c3n2C)c1. The summed E-state index contributed by atoms with van der Waals surface area (Å²) in [5, 5.41) is 1.13. The minimum Gasteiger partial charge on any atom is -0.497 e. The second kappa shape index (κ2) is 5.40. The van der Waals surface area contributed by atoms with E-state index in [1.807, 2.05) is 43.4 Å². The van der Waals surface area contributed by atoms with E-state index in [0.717, 1.165) is 33.8 Å². The van der Waals surface area contributed by atoms with Crippen LogP contribution in [0, 0.1) is 0 Å². The maximum atomic E-state index is 6.04. The Hall–Kier alpha value is -2.62. The van der Waals surface area contributed by atoms with E-state index in [1.54, 1.807) is 7.11 Å². The van der Waals surface area contributed by atoms with Gasteiger partial charge < -0.3 is 19.8 Å². The molecule has 0 aliphatic heterocycles. The molecule has 4 nitrogen and oxygen atoms in total. The molecule has 2 aromatic carbocycles. The molecule has 0 amide bonds. The molecular formula is C17H18N2O2. The van der Waals surface area contributed by atoms with Gasteiger partial charge in [-0.05, 0) is 24.3 Å². The van der Waals surface area contributed by atoms with E-state index in [2.05, 4.69) is 16.7 Å². The summed E-state index contributed by atoms with van der Waals surface area (Å²) in [7, 11) is 3.65. The van der Waals surface area contributed by atoms with Crippen LogP contribution in [-0.4, -0.2) is 11.7 Å². The van der Waals surface area contributed by atoms with E-state index < -0.39 is 0 Å². The normalized spacial score (nSPS) is 10.8. The van der Waals surface area contributed by atoms with Gasteiger partial charge in [0, 0.05) is 18.5 Å². The molecule has 0 bridgehead atoms. The number of nitrogens with two attached hydrogens (primary N) is 1. The molecule has 0 fully saturated rings. The lowest BCUT2D eigenvalue weighted by Crippen LogP contribution is -2.02. The Labute approximate surface area is 123 Å². The van der Waals surface area contributed by atoms with Crippen molar-refractivity contribution in [1.29, 1.82) is 0 Å². The Morgan fingerprint density at radius 2 is 1.81 bits per heavy atom. The van der Waals surface area contributed by atoms with Crippen LogP contribution in [0.1, 0.15) is 5.69 Å². The average Bonchev–Trinajstić information content (AvgIpc) is 2.83. The molecule has 0 aliphatic rings. The van der Waals surface area contributed by atoms with Crippen molar-refractivity contribution in [2.45, 2.75) is 6.61 Å². The van der Waals surface area contributed by atoms with E-state index in [-0.39, 0.29) is 0 Å². The molecule has 4 heteroatoms. The smallest absolute Gasteiger partial charge is 0.128 e. The molecule has 0 spiro atoms. The summed E-state index contributed by atoms with van der Waals surface area (Å²) in [5.74, 6) is 1.57. The van der Waals surface area contributed by atoms with Crippen molar-refractivity contribution in [3.63, 3.8) is 0 Å². The first-order valence-electron chi connectivity index (χ1n) is 6.78. The van der Waals surface area contributed by atoms with E-state index in [9.17, 15) is 0 Å². The van der Waals surface area contributed by atoms with Crippen molar-refractivity contribution >= 4 is 16.6 Å². The highest BCUT2D eigenvalue weighted by Crippen LogP contribution is 2.25. The molecule has 0 unspecified atom stereocenters. The van der Waals surface area contributed by atoms with Gasteiger partial charge in [-0.2, -0.15) is 0 Å². The molecule has 1 aromatic heterocycles. The van der Waals surface area contributed by atoms with Gasteiger partial charge in [0.15, 0.2) is 0 Å². The molecule has 21 heavy (non-hydrogen) atoms. The molecule has 0 aliphatic carbocycles. The third-order valence-electron chi connectivity index (χ3n) is 3.61. The van der Waals surface area contributed by atoms with Crippen LogP contribution in [-0.2, 0) is 13.7 Å². The number of nitrogens with zero attached hydrogens (tertiary/aromatic N) is 1. The topological polar surface area (TPSA) is 49.4 Å². The molecule has 108 valence electrons. The van der Waals surface area contributed by atoms with E-state index in [0.29, 0.717) is 6.61 Å². The number of hydrogen-bond donors (Lipinski definition) is 1. The van der Waals surface area contributed by atoms with Crippen LogP contribution in [0.4, 0.5) is 5.69 Å². The van der Waals surface area contributed by atoms with Crippen LogP contribution in [0.5, 0.6) is 11.5 Å². The summed E-state index contributed by atoms with van der Waals surface area (Å²) >= 11 is 0. The number of anilines is 1. The lowest BCUT2D eigenvalue weighted by atomic mass is 10.2. The van der Waals surface area contributed by atoms with Crippen LogP contribution in [0.3, 0.4) is 0 Å². The van der Waals surface area contributed by atoms with Gasteiger partial charge >= 0.3 is 0 Å². The number of benzene rings is 2.